The molecule has 28 heavy (non-hydrogen) atoms. The normalized spacial score (nSPS) is 31.0. The van der Waals surface area contributed by atoms with Gasteiger partial charge in [-0.25, -0.2) is 15.0 Å². The molecular formula is C21H27N7. The van der Waals surface area contributed by atoms with Gasteiger partial charge < -0.3 is 15.5 Å². The van der Waals surface area contributed by atoms with E-state index in [1.807, 2.05) is 0 Å². The molecule has 2 aromatic heterocycles. The third kappa shape index (κ3) is 2.71. The molecule has 7 heteroatoms. The minimum atomic E-state index is 0.295. The number of piperidine rings is 1. The SMILES string of the molecule is Nc1ncc(-c2cc(N3CC4CCCC3CC4)nc(N3CC4CC3C4)n2)cn1. The number of nitrogens with two attached hydrogens (primary N) is 1. The highest BCUT2D eigenvalue weighted by atomic mass is 15.3. The summed E-state index contributed by atoms with van der Waals surface area (Å²) in [5.41, 5.74) is 7.51. The van der Waals surface area contributed by atoms with Crippen LogP contribution in [0.25, 0.3) is 11.3 Å². The van der Waals surface area contributed by atoms with Gasteiger partial charge >= 0.3 is 0 Å². The lowest BCUT2D eigenvalue weighted by molar-refractivity contribution is 0.379. The maximum absolute atomic E-state index is 5.69. The fraction of sp³-hybridized carbons (Fsp3) is 0.619. The maximum Gasteiger partial charge on any atom is 0.228 e. The Bertz CT molecular complexity index is 873. The Hall–Kier alpha value is -2.44. The van der Waals surface area contributed by atoms with Crippen molar-refractivity contribution in [3.8, 4) is 11.3 Å². The molecule has 146 valence electrons. The number of hydrogen-bond acceptors (Lipinski definition) is 7. The lowest BCUT2D eigenvalue weighted by Crippen LogP contribution is -2.42. The predicted octanol–water partition coefficient (Wildman–Crippen LogP) is 2.88. The lowest BCUT2D eigenvalue weighted by atomic mass is 9.86. The molecule has 4 bridgehead atoms. The smallest absolute Gasteiger partial charge is 0.228 e. The zero-order chi connectivity index (χ0) is 18.7. The van der Waals surface area contributed by atoms with Gasteiger partial charge in [0.15, 0.2) is 0 Å². The average molecular weight is 377 g/mol. The molecule has 2 aliphatic carbocycles. The summed E-state index contributed by atoms with van der Waals surface area (Å²) in [4.78, 5) is 23.4. The van der Waals surface area contributed by atoms with E-state index in [-0.39, 0.29) is 0 Å². The standard InChI is InChI=1S/C21H27N7/c22-20-23-9-15(10-24-20)18-8-19(27-11-13-2-1-3-16(27)5-4-13)26-21(25-18)28-12-14-6-17(28)7-14/h8-10,13-14,16-17H,1-7,11-12H2,(H2,22,23,24). The molecule has 2 aromatic rings. The fourth-order valence-electron chi connectivity index (χ4n) is 5.65. The number of nitrogen functional groups attached to an aromatic ring is 1. The molecule has 6 heterocycles. The molecule has 0 amide bonds. The van der Waals surface area contributed by atoms with Crippen LogP contribution in [0.3, 0.4) is 0 Å². The molecule has 2 unspecified atom stereocenters. The molecule has 6 fully saturated rings. The van der Waals surface area contributed by atoms with Gasteiger partial charge in [-0.15, -0.1) is 0 Å². The van der Waals surface area contributed by atoms with Crippen molar-refractivity contribution in [1.82, 2.24) is 19.9 Å². The summed E-state index contributed by atoms with van der Waals surface area (Å²) in [5.74, 6) is 3.89. The summed E-state index contributed by atoms with van der Waals surface area (Å²) in [5, 5.41) is 0. The number of anilines is 3. The van der Waals surface area contributed by atoms with E-state index in [2.05, 4.69) is 25.8 Å². The number of aromatic nitrogens is 4. The minimum absolute atomic E-state index is 0.295. The van der Waals surface area contributed by atoms with Gasteiger partial charge in [0.25, 0.3) is 0 Å². The first-order valence-electron chi connectivity index (χ1n) is 10.7. The third-order valence-electron chi connectivity index (χ3n) is 7.28. The van der Waals surface area contributed by atoms with E-state index in [0.29, 0.717) is 18.0 Å². The Labute approximate surface area is 165 Å². The molecule has 4 saturated heterocycles. The minimum Gasteiger partial charge on any atom is -0.368 e. The van der Waals surface area contributed by atoms with E-state index < -0.39 is 0 Å². The van der Waals surface area contributed by atoms with Crippen molar-refractivity contribution >= 4 is 17.7 Å². The number of fused-ring (bicyclic) bond motifs is 5. The molecule has 0 radical (unpaired) electrons. The van der Waals surface area contributed by atoms with Crippen LogP contribution in [0.15, 0.2) is 18.5 Å². The highest BCUT2D eigenvalue weighted by Gasteiger charge is 2.44. The topological polar surface area (TPSA) is 84.1 Å². The number of nitrogens with zero attached hydrogens (tertiary/aromatic N) is 6. The average Bonchev–Trinajstić information content (AvgIpc) is 3.16. The lowest BCUT2D eigenvalue weighted by Gasteiger charge is -2.38. The fourth-order valence-corrected chi connectivity index (χ4v) is 5.65. The van der Waals surface area contributed by atoms with Crippen LogP contribution in [0, 0.1) is 11.8 Å². The van der Waals surface area contributed by atoms with E-state index in [4.69, 9.17) is 15.7 Å². The second-order valence-electron chi connectivity index (χ2n) is 9.07. The first-order valence-corrected chi connectivity index (χ1v) is 10.7. The zero-order valence-corrected chi connectivity index (χ0v) is 16.2. The summed E-state index contributed by atoms with van der Waals surface area (Å²) in [7, 11) is 0. The molecular weight excluding hydrogens is 350 g/mol. The van der Waals surface area contributed by atoms with Gasteiger partial charge in [-0.3, -0.25) is 0 Å². The summed E-state index contributed by atoms with van der Waals surface area (Å²) in [6.07, 6.45) is 12.8. The van der Waals surface area contributed by atoms with Gasteiger partial charge in [-0.05, 0) is 50.4 Å². The van der Waals surface area contributed by atoms with Crippen LogP contribution in [0.5, 0.6) is 0 Å². The third-order valence-corrected chi connectivity index (χ3v) is 7.28. The number of hydrogen-bond donors (Lipinski definition) is 1. The number of rotatable bonds is 3. The summed E-state index contributed by atoms with van der Waals surface area (Å²) < 4.78 is 0. The van der Waals surface area contributed by atoms with Crippen LogP contribution < -0.4 is 15.5 Å². The van der Waals surface area contributed by atoms with Gasteiger partial charge in [0, 0.05) is 49.2 Å². The molecule has 2 N–H and O–H groups in total. The second kappa shape index (κ2) is 6.29. The Kier molecular flexibility index (Phi) is 3.71. The van der Waals surface area contributed by atoms with Crippen molar-refractivity contribution < 1.29 is 0 Å². The molecule has 7 nitrogen and oxygen atoms in total. The van der Waals surface area contributed by atoms with Crippen molar-refractivity contribution in [2.24, 2.45) is 11.8 Å². The van der Waals surface area contributed by atoms with E-state index in [0.717, 1.165) is 47.9 Å². The van der Waals surface area contributed by atoms with Crippen LogP contribution in [-0.2, 0) is 0 Å². The second-order valence-corrected chi connectivity index (χ2v) is 9.07. The Morgan fingerprint density at radius 2 is 1.68 bits per heavy atom. The molecule has 0 spiro atoms. The first-order chi connectivity index (χ1) is 13.7. The van der Waals surface area contributed by atoms with Gasteiger partial charge in [0.1, 0.15) is 5.82 Å². The van der Waals surface area contributed by atoms with Crippen molar-refractivity contribution in [2.75, 3.05) is 28.6 Å². The Balaban J connectivity index is 1.42. The molecule has 2 saturated carbocycles. The largest absolute Gasteiger partial charge is 0.368 e. The van der Waals surface area contributed by atoms with Crippen LogP contribution in [-0.4, -0.2) is 45.1 Å². The predicted molar refractivity (Wildman–Crippen MR) is 109 cm³/mol. The van der Waals surface area contributed by atoms with Crippen molar-refractivity contribution in [2.45, 2.75) is 57.0 Å². The molecule has 4 aliphatic heterocycles. The molecule has 6 aliphatic rings. The van der Waals surface area contributed by atoms with Crippen molar-refractivity contribution in [3.05, 3.63) is 18.5 Å². The molecule has 2 atom stereocenters. The zero-order valence-electron chi connectivity index (χ0n) is 16.2. The summed E-state index contributed by atoms with van der Waals surface area (Å²) in [6, 6.07) is 3.38. The van der Waals surface area contributed by atoms with Gasteiger partial charge in [0.05, 0.1) is 5.69 Å². The highest BCUT2D eigenvalue weighted by molar-refractivity contribution is 5.65. The molecule has 8 rings (SSSR count). The van der Waals surface area contributed by atoms with Gasteiger partial charge in [-0.1, -0.05) is 6.42 Å². The molecule has 0 aromatic carbocycles. The monoisotopic (exact) mass is 377 g/mol. The van der Waals surface area contributed by atoms with Crippen LogP contribution in [0.4, 0.5) is 17.7 Å². The van der Waals surface area contributed by atoms with E-state index >= 15 is 0 Å². The van der Waals surface area contributed by atoms with E-state index in [9.17, 15) is 0 Å². The van der Waals surface area contributed by atoms with Crippen LogP contribution in [0.2, 0.25) is 0 Å². The van der Waals surface area contributed by atoms with E-state index in [1.54, 1.807) is 12.4 Å². The van der Waals surface area contributed by atoms with Gasteiger partial charge in [0.2, 0.25) is 11.9 Å². The summed E-state index contributed by atoms with van der Waals surface area (Å²) in [6.45, 7) is 2.22. The first kappa shape index (κ1) is 16.5. The summed E-state index contributed by atoms with van der Waals surface area (Å²) >= 11 is 0. The van der Waals surface area contributed by atoms with E-state index in [1.165, 1.54) is 44.9 Å². The van der Waals surface area contributed by atoms with Crippen molar-refractivity contribution in [3.63, 3.8) is 0 Å². The van der Waals surface area contributed by atoms with Gasteiger partial charge in [-0.2, -0.15) is 4.98 Å². The highest BCUT2D eigenvalue weighted by Crippen LogP contribution is 2.43. The Morgan fingerprint density at radius 1 is 0.857 bits per heavy atom. The maximum atomic E-state index is 5.69. The quantitative estimate of drug-likeness (QED) is 0.880. The van der Waals surface area contributed by atoms with Crippen molar-refractivity contribution in [1.29, 1.82) is 0 Å². The Morgan fingerprint density at radius 3 is 2.46 bits per heavy atom. The van der Waals surface area contributed by atoms with Crippen LogP contribution in [0.1, 0.15) is 44.9 Å². The van der Waals surface area contributed by atoms with Crippen LogP contribution >= 0.6 is 0 Å².